The van der Waals surface area contributed by atoms with Crippen molar-refractivity contribution in [1.82, 2.24) is 0 Å². The second-order valence-corrected chi connectivity index (χ2v) is 11.2. The zero-order valence-corrected chi connectivity index (χ0v) is 30.0. The number of hydrogen-bond acceptors (Lipinski definition) is 4. The second kappa shape index (κ2) is 16.1. The molecule has 0 aromatic carbocycles. The Kier molecular flexibility index (Phi) is 17.4. The van der Waals surface area contributed by atoms with Crippen molar-refractivity contribution in [2.24, 2.45) is 0 Å². The van der Waals surface area contributed by atoms with Crippen molar-refractivity contribution < 1.29 is 210 Å². The van der Waals surface area contributed by atoms with E-state index >= 15 is 0 Å². The van der Waals surface area contributed by atoms with Crippen molar-refractivity contribution in [3.8, 4) is 0 Å². The average molecular weight is 934 g/mol. The third kappa shape index (κ3) is 9.50. The Hall–Kier alpha value is 0.01000. The van der Waals surface area contributed by atoms with E-state index < -0.39 is 117 Å². The van der Waals surface area contributed by atoms with Gasteiger partial charge in [0, 0.05) is 12.8 Å². The molecule has 0 heterocycles. The van der Waals surface area contributed by atoms with Gasteiger partial charge in [-0.15, -0.1) is 0 Å². The van der Waals surface area contributed by atoms with Crippen LogP contribution in [0.25, 0.3) is 0 Å². The molecule has 0 aliphatic heterocycles. The number of phosphoric ester groups is 1. The number of hydrogen-bond donors (Lipinski definition) is 0. The molecule has 0 fully saturated rings. The summed E-state index contributed by atoms with van der Waals surface area (Å²) in [5.74, 6) is -104. The van der Waals surface area contributed by atoms with Gasteiger partial charge in [0.25, 0.3) is 0 Å². The van der Waals surface area contributed by atoms with Crippen molar-refractivity contribution >= 4 is 7.82 Å². The number of halogens is 30. The van der Waals surface area contributed by atoms with Crippen LogP contribution in [-0.4, -0.2) is 89.5 Å². The van der Waals surface area contributed by atoms with E-state index in [1.165, 1.54) is 0 Å². The van der Waals surface area contributed by atoms with Gasteiger partial charge in [0.1, 0.15) is 0 Å². The molecule has 0 spiro atoms. The van der Waals surface area contributed by atoms with Crippen LogP contribution < -0.4 is 68.9 Å². The van der Waals surface area contributed by atoms with Gasteiger partial charge < -0.3 is 18.9 Å². The van der Waals surface area contributed by atoms with Crippen molar-refractivity contribution in [2.45, 2.75) is 109 Å². The first-order valence-electron chi connectivity index (χ1n) is 11.7. The van der Waals surface area contributed by atoms with Crippen LogP contribution in [0.5, 0.6) is 0 Å². The second-order valence-electron chi connectivity index (χ2n) is 10.1. The molecule has 4 nitrogen and oxygen atoms in total. The molecule has 0 aromatic rings. The summed E-state index contributed by atoms with van der Waals surface area (Å²) in [5.41, 5.74) is 0. The summed E-state index contributed by atoms with van der Waals surface area (Å²) < 4.78 is 411. The molecule has 0 saturated heterocycles. The van der Waals surface area contributed by atoms with Gasteiger partial charge in [-0.1, -0.05) is 0 Å². The van der Waals surface area contributed by atoms with Crippen LogP contribution >= 0.6 is 7.82 Å². The van der Waals surface area contributed by atoms with Crippen LogP contribution in [0, 0.1) is 0 Å². The van der Waals surface area contributed by atoms with Gasteiger partial charge in [0.15, 0.2) is 0 Å². The molecule has 55 heavy (non-hydrogen) atoms. The van der Waals surface area contributed by atoms with E-state index in [4.69, 9.17) is 0 Å². The van der Waals surface area contributed by atoms with Gasteiger partial charge in [-0.05, 0) is 6.42 Å². The minimum absolute atomic E-state index is 0. The molecule has 37 heteroatoms. The van der Waals surface area contributed by atoms with E-state index in [9.17, 15) is 146 Å². The van der Waals surface area contributed by atoms with Crippen LogP contribution in [0.1, 0.15) is 19.3 Å². The van der Waals surface area contributed by atoms with E-state index in [1.807, 2.05) is 0 Å². The third-order valence-corrected chi connectivity index (χ3v) is 6.88. The summed E-state index contributed by atoms with van der Waals surface area (Å²) in [6.07, 6.45) is -32.7. The smallest absolute Gasteiger partial charge is 0.790 e. The van der Waals surface area contributed by atoms with E-state index in [0.717, 1.165) is 0 Å². The van der Waals surface area contributed by atoms with Gasteiger partial charge in [-0.25, -0.2) is 0 Å². The minimum atomic E-state index is -9.31. The fourth-order valence-corrected chi connectivity index (χ4v) is 3.83. The van der Waals surface area contributed by atoms with Crippen LogP contribution in [0.3, 0.4) is 0 Å². The Bertz CT molecular complexity index is 1350. The number of phosphoric acid groups is 1. The molecule has 0 rings (SSSR count). The van der Waals surface area contributed by atoms with Crippen LogP contribution in [0.15, 0.2) is 0 Å². The zero-order valence-electron chi connectivity index (χ0n) is 25.1. The maximum Gasteiger partial charge on any atom is 1.00 e. The summed E-state index contributed by atoms with van der Waals surface area (Å²) >= 11 is 0. The van der Waals surface area contributed by atoms with Crippen molar-refractivity contribution in [1.29, 1.82) is 0 Å². The standard InChI is InChI=1S/C18H9F30O4P.2Na/c19-5(20,7(23,24)9(27,28)13(35,36)15(39,40)17(43,44)45)2-1-4(52-53(49,50)51)3-6(21,22)8(25,26)10(29,30)11(31,32)12(33,34)14(37,38)16(41,42)18(46,47)48;;/h4H,1-3H2,(H2,49,50,51);;/q;2*+1/p-2. The number of rotatable bonds is 17. The number of alkyl halides is 30. The van der Waals surface area contributed by atoms with Crippen LogP contribution in [0.4, 0.5) is 132 Å². The molecule has 0 aliphatic rings. The Labute approximate surface area is 325 Å². The molecule has 0 N–H and O–H groups in total. The largest absolute Gasteiger partial charge is 1.00 e. The predicted molar refractivity (Wildman–Crippen MR) is 97.8 cm³/mol. The molecule has 320 valence electrons. The average Bonchev–Trinajstić information content (AvgIpc) is 2.88. The fraction of sp³-hybridized carbons (Fsp3) is 1.00. The Morgan fingerprint density at radius 1 is 0.382 bits per heavy atom. The summed E-state index contributed by atoms with van der Waals surface area (Å²) in [6, 6.07) is 0. The quantitative estimate of drug-likeness (QED) is 0.128. The Morgan fingerprint density at radius 2 is 0.600 bits per heavy atom. The fourth-order valence-electron chi connectivity index (χ4n) is 3.29. The van der Waals surface area contributed by atoms with Gasteiger partial charge in [0.05, 0.1) is 13.9 Å². The van der Waals surface area contributed by atoms with Crippen molar-refractivity contribution in [3.63, 3.8) is 0 Å². The van der Waals surface area contributed by atoms with Gasteiger partial charge in [-0.3, -0.25) is 0 Å². The maximum absolute atomic E-state index is 14.2. The molecular formula is C18H7F30Na2O4P. The van der Waals surface area contributed by atoms with E-state index in [-0.39, 0.29) is 59.1 Å². The first-order chi connectivity index (χ1) is 22.3. The first-order valence-corrected chi connectivity index (χ1v) is 13.1. The third-order valence-electron chi connectivity index (χ3n) is 6.33. The summed E-state index contributed by atoms with van der Waals surface area (Å²) in [4.78, 5) is 21.3. The van der Waals surface area contributed by atoms with Crippen LogP contribution in [0.2, 0.25) is 0 Å². The van der Waals surface area contributed by atoms with Crippen molar-refractivity contribution in [2.75, 3.05) is 0 Å². The van der Waals surface area contributed by atoms with Crippen molar-refractivity contribution in [3.05, 3.63) is 0 Å². The SMILES string of the molecule is O=P([O-])([O-])OC(CCC(F)(F)C(F)(F)C(F)(F)C(F)(F)C(F)(F)C(F)(F)F)CC(F)(F)C(F)(F)C(F)(F)C(F)(F)C(F)(F)C(F)(F)C(F)(F)C(F)(F)F.[Na+].[Na+]. The monoisotopic (exact) mass is 934 g/mol. The molecular weight excluding hydrogens is 927 g/mol. The topological polar surface area (TPSA) is 72.4 Å². The molecule has 1 atom stereocenters. The molecule has 0 amide bonds. The van der Waals surface area contributed by atoms with Gasteiger partial charge in [-0.2, -0.15) is 132 Å². The van der Waals surface area contributed by atoms with E-state index in [1.54, 1.807) is 0 Å². The van der Waals surface area contributed by atoms with E-state index in [0.29, 0.717) is 0 Å². The Balaban J connectivity index is -0.0000135. The molecule has 0 radical (unpaired) electrons. The normalized spacial score (nSPS) is 16.7. The summed E-state index contributed by atoms with van der Waals surface area (Å²) in [7, 11) is -7.49. The summed E-state index contributed by atoms with van der Waals surface area (Å²) in [5, 5.41) is 0. The zero-order chi connectivity index (χ0) is 43.9. The predicted octanol–water partition coefficient (Wildman–Crippen LogP) is 3.13. The molecule has 0 saturated carbocycles. The molecule has 0 bridgehead atoms. The van der Waals surface area contributed by atoms with Gasteiger partial charge in [0.2, 0.25) is 0 Å². The molecule has 0 aliphatic carbocycles. The van der Waals surface area contributed by atoms with E-state index in [2.05, 4.69) is 4.52 Å². The van der Waals surface area contributed by atoms with Gasteiger partial charge >= 0.3 is 143 Å². The minimum Gasteiger partial charge on any atom is -0.790 e. The first kappa shape index (κ1) is 59.3. The maximum atomic E-state index is 14.2. The van der Waals surface area contributed by atoms with Crippen LogP contribution in [-0.2, 0) is 9.09 Å². The Morgan fingerprint density at radius 3 is 0.836 bits per heavy atom. The molecule has 1 unspecified atom stereocenters. The molecule has 0 aromatic heterocycles. The summed E-state index contributed by atoms with van der Waals surface area (Å²) in [6.45, 7) is 0.